The first-order valence-electron chi connectivity index (χ1n) is 12.1. The van der Waals surface area contributed by atoms with Gasteiger partial charge in [-0.2, -0.15) is 0 Å². The molecular formula is C28H32N2O4. The summed E-state index contributed by atoms with van der Waals surface area (Å²) < 4.78 is 5.47. The summed E-state index contributed by atoms with van der Waals surface area (Å²) in [5.74, 6) is -0.166. The van der Waals surface area contributed by atoms with Crippen molar-refractivity contribution in [1.29, 1.82) is 0 Å². The lowest BCUT2D eigenvalue weighted by molar-refractivity contribution is -0.122. The molecular weight excluding hydrogens is 428 g/mol. The summed E-state index contributed by atoms with van der Waals surface area (Å²) in [5, 5.41) is 0. The largest absolute Gasteiger partial charge is 0.494 e. The van der Waals surface area contributed by atoms with Crippen LogP contribution in [0.25, 0.3) is 0 Å². The van der Waals surface area contributed by atoms with Crippen LogP contribution in [-0.2, 0) is 9.59 Å². The molecule has 0 radical (unpaired) electrons. The van der Waals surface area contributed by atoms with E-state index in [-0.39, 0.29) is 24.1 Å². The van der Waals surface area contributed by atoms with Gasteiger partial charge in [0.1, 0.15) is 11.8 Å². The summed E-state index contributed by atoms with van der Waals surface area (Å²) in [6.07, 6.45) is 7.41. The molecule has 0 saturated carbocycles. The Bertz CT molecular complexity index is 1090. The van der Waals surface area contributed by atoms with Gasteiger partial charge in [0.05, 0.1) is 18.7 Å². The summed E-state index contributed by atoms with van der Waals surface area (Å²) in [5.41, 5.74) is 3.25. The fraction of sp³-hybridized carbons (Fsp3) is 0.393. The number of hydrogen-bond acceptors (Lipinski definition) is 4. The zero-order valence-electron chi connectivity index (χ0n) is 20.0. The summed E-state index contributed by atoms with van der Waals surface area (Å²) in [4.78, 5) is 42.9. The first-order valence-corrected chi connectivity index (χ1v) is 12.1. The van der Waals surface area contributed by atoms with Crippen molar-refractivity contribution in [2.24, 2.45) is 0 Å². The van der Waals surface area contributed by atoms with E-state index in [2.05, 4.69) is 6.08 Å². The maximum absolute atomic E-state index is 13.6. The summed E-state index contributed by atoms with van der Waals surface area (Å²) >= 11 is 0. The van der Waals surface area contributed by atoms with Gasteiger partial charge in [0.2, 0.25) is 5.91 Å². The van der Waals surface area contributed by atoms with Crippen LogP contribution in [0.5, 0.6) is 5.75 Å². The number of benzene rings is 2. The van der Waals surface area contributed by atoms with E-state index in [0.717, 1.165) is 31.2 Å². The van der Waals surface area contributed by atoms with E-state index >= 15 is 0 Å². The third kappa shape index (κ3) is 5.06. The standard InChI is InChI=1S/C28H32N2O4/c1-3-34-23-15-13-22(14-16-23)30-26(31)19-25(28(30)33)29(18-17-21-10-5-4-6-11-21)27(32)24-12-8-7-9-20(24)2/h7-10,12-16,25H,3-6,11,17-19H2,1-2H3. The molecule has 0 bridgehead atoms. The Labute approximate surface area is 201 Å². The van der Waals surface area contributed by atoms with Crippen LogP contribution in [0.1, 0.15) is 61.4 Å². The molecule has 1 unspecified atom stereocenters. The van der Waals surface area contributed by atoms with Crippen molar-refractivity contribution >= 4 is 23.4 Å². The molecule has 2 aromatic rings. The second-order valence-electron chi connectivity index (χ2n) is 8.89. The Balaban J connectivity index is 1.60. The molecule has 1 aliphatic carbocycles. The molecule has 6 heteroatoms. The molecule has 1 atom stereocenters. The highest BCUT2D eigenvalue weighted by molar-refractivity contribution is 6.23. The molecule has 2 aliphatic rings. The Morgan fingerprint density at radius 3 is 2.53 bits per heavy atom. The van der Waals surface area contributed by atoms with Crippen LogP contribution in [0, 0.1) is 6.92 Å². The molecule has 2 aromatic carbocycles. The molecule has 4 rings (SSSR count). The van der Waals surface area contributed by atoms with Gasteiger partial charge >= 0.3 is 0 Å². The first-order chi connectivity index (χ1) is 16.5. The molecule has 0 aromatic heterocycles. The van der Waals surface area contributed by atoms with Crippen LogP contribution >= 0.6 is 0 Å². The average Bonchev–Trinajstić information content (AvgIpc) is 3.14. The van der Waals surface area contributed by atoms with Crippen molar-refractivity contribution < 1.29 is 19.1 Å². The second-order valence-corrected chi connectivity index (χ2v) is 8.89. The number of nitrogens with zero attached hydrogens (tertiary/aromatic N) is 2. The third-order valence-electron chi connectivity index (χ3n) is 6.60. The normalized spacial score (nSPS) is 18.1. The topological polar surface area (TPSA) is 66.9 Å². The number of ether oxygens (including phenoxy) is 1. The number of rotatable bonds is 8. The second kappa shape index (κ2) is 10.7. The van der Waals surface area contributed by atoms with E-state index in [1.165, 1.54) is 16.9 Å². The van der Waals surface area contributed by atoms with Crippen LogP contribution in [-0.4, -0.2) is 41.8 Å². The summed E-state index contributed by atoms with van der Waals surface area (Å²) in [6, 6.07) is 13.5. The number of amides is 3. The molecule has 3 amide bonds. The van der Waals surface area contributed by atoms with Gasteiger partial charge in [0.25, 0.3) is 11.8 Å². The molecule has 1 aliphatic heterocycles. The van der Waals surface area contributed by atoms with E-state index in [0.29, 0.717) is 30.2 Å². The maximum atomic E-state index is 13.6. The fourth-order valence-corrected chi connectivity index (χ4v) is 4.75. The lowest BCUT2D eigenvalue weighted by Gasteiger charge is -2.29. The Hall–Kier alpha value is -3.41. The van der Waals surface area contributed by atoms with Crippen molar-refractivity contribution in [3.05, 3.63) is 71.3 Å². The Morgan fingerprint density at radius 2 is 1.85 bits per heavy atom. The molecule has 178 valence electrons. The number of carbonyl (C=O) groups excluding carboxylic acids is 3. The molecule has 1 heterocycles. The summed E-state index contributed by atoms with van der Waals surface area (Å²) in [7, 11) is 0. The minimum atomic E-state index is -0.810. The molecule has 0 N–H and O–H groups in total. The number of allylic oxidation sites excluding steroid dienone is 1. The van der Waals surface area contributed by atoms with E-state index in [1.54, 1.807) is 35.2 Å². The molecule has 1 saturated heterocycles. The van der Waals surface area contributed by atoms with Gasteiger partial charge in [0.15, 0.2) is 0 Å². The van der Waals surface area contributed by atoms with Gasteiger partial charge < -0.3 is 9.64 Å². The first kappa shape index (κ1) is 23.7. The van der Waals surface area contributed by atoms with Crippen LogP contribution in [0.4, 0.5) is 5.69 Å². The minimum absolute atomic E-state index is 0.0112. The molecule has 6 nitrogen and oxygen atoms in total. The van der Waals surface area contributed by atoms with Crippen molar-refractivity contribution in [1.82, 2.24) is 4.90 Å². The van der Waals surface area contributed by atoms with Gasteiger partial charge in [-0.1, -0.05) is 29.8 Å². The molecule has 0 spiro atoms. The lowest BCUT2D eigenvalue weighted by atomic mass is 9.96. The third-order valence-corrected chi connectivity index (χ3v) is 6.60. The van der Waals surface area contributed by atoms with Gasteiger partial charge in [0, 0.05) is 12.1 Å². The number of imide groups is 1. The quantitative estimate of drug-likeness (QED) is 0.408. The zero-order chi connectivity index (χ0) is 24.1. The average molecular weight is 461 g/mol. The maximum Gasteiger partial charge on any atom is 0.257 e. The Morgan fingerprint density at radius 1 is 1.09 bits per heavy atom. The van der Waals surface area contributed by atoms with Gasteiger partial charge in [-0.25, -0.2) is 4.90 Å². The van der Waals surface area contributed by atoms with Crippen LogP contribution < -0.4 is 9.64 Å². The predicted molar refractivity (Wildman–Crippen MR) is 132 cm³/mol. The van der Waals surface area contributed by atoms with Crippen molar-refractivity contribution in [3.8, 4) is 5.75 Å². The SMILES string of the molecule is CCOc1ccc(N2C(=O)CC(N(CCC3=CCCCC3)C(=O)c3ccccc3C)C2=O)cc1. The van der Waals surface area contributed by atoms with Crippen molar-refractivity contribution in [3.63, 3.8) is 0 Å². The van der Waals surface area contributed by atoms with Gasteiger partial charge in [-0.3, -0.25) is 14.4 Å². The number of aryl methyl sites for hydroxylation is 1. The highest BCUT2D eigenvalue weighted by atomic mass is 16.5. The smallest absolute Gasteiger partial charge is 0.257 e. The molecule has 34 heavy (non-hydrogen) atoms. The number of hydrogen-bond donors (Lipinski definition) is 0. The number of carbonyl (C=O) groups is 3. The predicted octanol–water partition coefficient (Wildman–Crippen LogP) is 5.06. The fourth-order valence-electron chi connectivity index (χ4n) is 4.75. The number of anilines is 1. The van der Waals surface area contributed by atoms with Crippen LogP contribution in [0.3, 0.4) is 0 Å². The highest BCUT2D eigenvalue weighted by Crippen LogP contribution is 2.30. The van der Waals surface area contributed by atoms with E-state index in [9.17, 15) is 14.4 Å². The zero-order valence-corrected chi connectivity index (χ0v) is 20.0. The van der Waals surface area contributed by atoms with Gasteiger partial charge in [-0.15, -0.1) is 0 Å². The highest BCUT2D eigenvalue weighted by Gasteiger charge is 2.44. The van der Waals surface area contributed by atoms with Crippen LogP contribution in [0.2, 0.25) is 0 Å². The monoisotopic (exact) mass is 460 g/mol. The van der Waals surface area contributed by atoms with Crippen molar-refractivity contribution in [2.45, 2.75) is 58.4 Å². The minimum Gasteiger partial charge on any atom is -0.494 e. The van der Waals surface area contributed by atoms with Gasteiger partial charge in [-0.05, 0) is 81.8 Å². The van der Waals surface area contributed by atoms with Crippen molar-refractivity contribution in [2.75, 3.05) is 18.1 Å². The summed E-state index contributed by atoms with van der Waals surface area (Å²) in [6.45, 7) is 4.74. The van der Waals surface area contributed by atoms with E-state index < -0.39 is 6.04 Å². The Kier molecular flexibility index (Phi) is 7.46. The van der Waals surface area contributed by atoms with Crippen LogP contribution in [0.15, 0.2) is 60.2 Å². The molecule has 1 fully saturated rings. The van der Waals surface area contributed by atoms with E-state index in [1.807, 2.05) is 32.0 Å². The van der Waals surface area contributed by atoms with E-state index in [4.69, 9.17) is 4.74 Å². The lowest BCUT2D eigenvalue weighted by Crippen LogP contribution is -2.46.